The van der Waals surface area contributed by atoms with Crippen LogP contribution in [-0.2, 0) is 16.0 Å². The Morgan fingerprint density at radius 2 is 1.88 bits per heavy atom. The zero-order chi connectivity index (χ0) is 18.6. The summed E-state index contributed by atoms with van der Waals surface area (Å²) in [6.45, 7) is 2.57. The maximum absolute atomic E-state index is 11.1. The minimum Gasteiger partial charge on any atom is -0.490 e. The number of carboxylic acids is 1. The van der Waals surface area contributed by atoms with Crippen LogP contribution in [0.2, 0.25) is 0 Å². The molecule has 0 bridgehead atoms. The minimum atomic E-state index is -0.950. The summed E-state index contributed by atoms with van der Waals surface area (Å²) in [5, 5.41) is 9.11. The number of hydrogen-bond acceptors (Lipinski definition) is 3. The number of carboxylic acid groups (broad SMARTS) is 1. The number of aliphatic carboxylic acids is 1. The molecule has 134 valence electrons. The summed E-state index contributed by atoms with van der Waals surface area (Å²) in [4.78, 5) is 11.1. The van der Waals surface area contributed by atoms with E-state index in [1.54, 1.807) is 13.0 Å². The SMILES string of the molecule is CCOC(Cc1ccc(OC/C=C/C#Cc2ccccc2)cc1)C(=O)O. The number of hydrogen-bond donors (Lipinski definition) is 1. The summed E-state index contributed by atoms with van der Waals surface area (Å²) in [5.41, 5.74) is 1.86. The van der Waals surface area contributed by atoms with Gasteiger partial charge >= 0.3 is 5.97 Å². The van der Waals surface area contributed by atoms with E-state index in [4.69, 9.17) is 14.6 Å². The highest BCUT2D eigenvalue weighted by atomic mass is 16.5. The third kappa shape index (κ3) is 6.84. The molecule has 0 radical (unpaired) electrons. The van der Waals surface area contributed by atoms with Crippen molar-refractivity contribution in [2.75, 3.05) is 13.2 Å². The van der Waals surface area contributed by atoms with Gasteiger partial charge in [-0.2, -0.15) is 0 Å². The molecule has 26 heavy (non-hydrogen) atoms. The molecule has 2 rings (SSSR count). The topological polar surface area (TPSA) is 55.8 Å². The molecule has 0 heterocycles. The van der Waals surface area contributed by atoms with Crippen LogP contribution in [-0.4, -0.2) is 30.4 Å². The average Bonchev–Trinajstić information content (AvgIpc) is 2.66. The van der Waals surface area contributed by atoms with Crippen LogP contribution in [0.5, 0.6) is 5.75 Å². The predicted molar refractivity (Wildman–Crippen MR) is 101 cm³/mol. The first kappa shape index (κ1) is 19.3. The second kappa shape index (κ2) is 10.8. The Morgan fingerprint density at radius 3 is 2.54 bits per heavy atom. The van der Waals surface area contributed by atoms with Gasteiger partial charge in [0.25, 0.3) is 0 Å². The second-order valence-corrected chi connectivity index (χ2v) is 5.48. The van der Waals surface area contributed by atoms with Gasteiger partial charge in [0.05, 0.1) is 0 Å². The van der Waals surface area contributed by atoms with Crippen molar-refractivity contribution in [3.05, 3.63) is 77.9 Å². The van der Waals surface area contributed by atoms with Crippen LogP contribution in [0.15, 0.2) is 66.7 Å². The second-order valence-electron chi connectivity index (χ2n) is 5.48. The van der Waals surface area contributed by atoms with Crippen molar-refractivity contribution in [1.29, 1.82) is 0 Å². The van der Waals surface area contributed by atoms with E-state index in [9.17, 15) is 4.79 Å². The van der Waals surface area contributed by atoms with Crippen molar-refractivity contribution < 1.29 is 19.4 Å². The molecule has 0 fully saturated rings. The zero-order valence-corrected chi connectivity index (χ0v) is 14.7. The van der Waals surface area contributed by atoms with Gasteiger partial charge in [-0.05, 0) is 48.9 Å². The van der Waals surface area contributed by atoms with Crippen LogP contribution < -0.4 is 4.74 Å². The molecule has 1 N–H and O–H groups in total. The van der Waals surface area contributed by atoms with Gasteiger partial charge in [0.1, 0.15) is 12.4 Å². The Kier molecular flexibility index (Phi) is 7.98. The van der Waals surface area contributed by atoms with Crippen molar-refractivity contribution >= 4 is 5.97 Å². The first-order chi connectivity index (χ1) is 12.7. The molecular formula is C22H22O4. The third-order valence-corrected chi connectivity index (χ3v) is 3.53. The number of carbonyl (C=O) groups is 1. The van der Waals surface area contributed by atoms with E-state index in [0.717, 1.165) is 16.9 Å². The first-order valence-electron chi connectivity index (χ1n) is 8.46. The van der Waals surface area contributed by atoms with Crippen molar-refractivity contribution in [3.63, 3.8) is 0 Å². The molecule has 0 amide bonds. The Labute approximate surface area is 154 Å². The fourth-order valence-corrected chi connectivity index (χ4v) is 2.25. The van der Waals surface area contributed by atoms with Crippen LogP contribution in [0.3, 0.4) is 0 Å². The van der Waals surface area contributed by atoms with Gasteiger partial charge in [0, 0.05) is 18.6 Å². The largest absolute Gasteiger partial charge is 0.490 e. The third-order valence-electron chi connectivity index (χ3n) is 3.53. The summed E-state index contributed by atoms with van der Waals surface area (Å²) in [6.07, 6.45) is 3.12. The van der Waals surface area contributed by atoms with Crippen molar-refractivity contribution in [2.45, 2.75) is 19.4 Å². The molecule has 0 saturated carbocycles. The Morgan fingerprint density at radius 1 is 1.15 bits per heavy atom. The Hall–Kier alpha value is -3.03. The zero-order valence-electron chi connectivity index (χ0n) is 14.7. The molecule has 1 atom stereocenters. The smallest absolute Gasteiger partial charge is 0.333 e. The fourth-order valence-electron chi connectivity index (χ4n) is 2.25. The monoisotopic (exact) mass is 350 g/mol. The van der Waals surface area contributed by atoms with Crippen LogP contribution in [0, 0.1) is 11.8 Å². The minimum absolute atomic E-state index is 0.332. The summed E-state index contributed by atoms with van der Waals surface area (Å²) in [5.74, 6) is 5.77. The van der Waals surface area contributed by atoms with E-state index in [1.165, 1.54) is 0 Å². The fraction of sp³-hybridized carbons (Fsp3) is 0.227. The van der Waals surface area contributed by atoms with E-state index in [1.807, 2.05) is 60.7 Å². The summed E-state index contributed by atoms with van der Waals surface area (Å²) >= 11 is 0. The standard InChI is InChI=1S/C22H22O4/c1-2-25-21(22(23)24)17-19-12-14-20(15-13-19)26-16-8-4-7-11-18-9-5-3-6-10-18/h3-6,8-10,12-15,21H,2,16-17H2,1H3,(H,23,24)/b8-4+. The number of ether oxygens (including phenoxy) is 2. The molecule has 2 aromatic carbocycles. The van der Waals surface area contributed by atoms with E-state index in [0.29, 0.717) is 19.6 Å². The summed E-state index contributed by atoms with van der Waals surface area (Å²) < 4.78 is 10.8. The molecular weight excluding hydrogens is 328 g/mol. The highest BCUT2D eigenvalue weighted by Crippen LogP contribution is 2.14. The van der Waals surface area contributed by atoms with Gasteiger partial charge in [0.15, 0.2) is 6.10 Å². The van der Waals surface area contributed by atoms with Crippen molar-refractivity contribution in [1.82, 2.24) is 0 Å². The lowest BCUT2D eigenvalue weighted by Gasteiger charge is -2.12. The van der Waals surface area contributed by atoms with Crippen LogP contribution in [0.25, 0.3) is 0 Å². The van der Waals surface area contributed by atoms with E-state index in [2.05, 4.69) is 11.8 Å². The van der Waals surface area contributed by atoms with E-state index in [-0.39, 0.29) is 0 Å². The van der Waals surface area contributed by atoms with Crippen LogP contribution in [0.4, 0.5) is 0 Å². The van der Waals surface area contributed by atoms with Gasteiger partial charge in [-0.25, -0.2) is 4.79 Å². The molecule has 0 aliphatic rings. The molecule has 0 aliphatic carbocycles. The highest BCUT2D eigenvalue weighted by molar-refractivity contribution is 5.72. The van der Waals surface area contributed by atoms with Gasteiger partial charge in [-0.3, -0.25) is 0 Å². The van der Waals surface area contributed by atoms with E-state index >= 15 is 0 Å². The Balaban J connectivity index is 1.79. The lowest BCUT2D eigenvalue weighted by molar-refractivity contribution is -0.149. The van der Waals surface area contributed by atoms with Gasteiger partial charge in [-0.15, -0.1) is 0 Å². The van der Waals surface area contributed by atoms with Gasteiger partial charge in [0.2, 0.25) is 0 Å². The maximum atomic E-state index is 11.1. The molecule has 0 aromatic heterocycles. The molecule has 0 aliphatic heterocycles. The van der Waals surface area contributed by atoms with Crippen LogP contribution in [0.1, 0.15) is 18.1 Å². The quantitative estimate of drug-likeness (QED) is 0.738. The average molecular weight is 350 g/mol. The van der Waals surface area contributed by atoms with E-state index < -0.39 is 12.1 Å². The molecule has 4 nitrogen and oxygen atoms in total. The van der Waals surface area contributed by atoms with Crippen molar-refractivity contribution in [2.24, 2.45) is 0 Å². The summed E-state index contributed by atoms with van der Waals surface area (Å²) in [7, 11) is 0. The predicted octanol–water partition coefficient (Wildman–Crippen LogP) is 3.71. The Bertz CT molecular complexity index is 767. The van der Waals surface area contributed by atoms with Gasteiger partial charge < -0.3 is 14.6 Å². The number of benzene rings is 2. The molecule has 0 spiro atoms. The summed E-state index contributed by atoms with van der Waals surface area (Å²) in [6, 6.07) is 17.1. The highest BCUT2D eigenvalue weighted by Gasteiger charge is 2.17. The van der Waals surface area contributed by atoms with Crippen molar-refractivity contribution in [3.8, 4) is 17.6 Å². The molecule has 4 heteroatoms. The normalized spacial score (nSPS) is 11.6. The molecule has 0 saturated heterocycles. The number of allylic oxidation sites excluding steroid dienone is 1. The maximum Gasteiger partial charge on any atom is 0.333 e. The lowest BCUT2D eigenvalue weighted by Crippen LogP contribution is -2.26. The molecule has 1 unspecified atom stereocenters. The molecule has 2 aromatic rings. The van der Waals surface area contributed by atoms with Crippen LogP contribution >= 0.6 is 0 Å². The first-order valence-corrected chi connectivity index (χ1v) is 8.46. The number of rotatable bonds is 8. The van der Waals surface area contributed by atoms with Gasteiger partial charge in [-0.1, -0.05) is 42.2 Å². The lowest BCUT2D eigenvalue weighted by atomic mass is 10.1.